The van der Waals surface area contributed by atoms with Gasteiger partial charge in [0.25, 0.3) is 0 Å². The molecule has 0 amide bonds. The van der Waals surface area contributed by atoms with Gasteiger partial charge in [-0.1, -0.05) is 0 Å². The van der Waals surface area contributed by atoms with Crippen molar-refractivity contribution in [1.29, 1.82) is 0 Å². The molecule has 4 nitrogen and oxygen atoms in total. The third-order valence-corrected chi connectivity index (χ3v) is 4.41. The van der Waals surface area contributed by atoms with Crippen LogP contribution < -0.4 is 0 Å². The van der Waals surface area contributed by atoms with E-state index in [-0.39, 0.29) is 0 Å². The van der Waals surface area contributed by atoms with Gasteiger partial charge in [0, 0.05) is 11.1 Å². The number of nitrogens with zero attached hydrogens (tertiary/aromatic N) is 3. The average molecular weight is 292 g/mol. The lowest BCUT2D eigenvalue weighted by molar-refractivity contribution is 0.316. The highest BCUT2D eigenvalue weighted by Crippen LogP contribution is 2.36. The molecule has 0 unspecified atom stereocenters. The minimum absolute atomic E-state index is 0.837. The smallest absolute Gasteiger partial charge is 0.144 e. The molecular formula is C12H10BrN3O. The Morgan fingerprint density at radius 3 is 3.00 bits per heavy atom. The fourth-order valence-electron chi connectivity index (χ4n) is 2.82. The first-order chi connectivity index (χ1) is 8.36. The van der Waals surface area contributed by atoms with Crippen LogP contribution in [0.5, 0.6) is 0 Å². The molecule has 2 heterocycles. The molecule has 17 heavy (non-hydrogen) atoms. The third kappa shape index (κ3) is 1.17. The van der Waals surface area contributed by atoms with Crippen molar-refractivity contribution in [2.24, 2.45) is 0 Å². The van der Waals surface area contributed by atoms with E-state index in [9.17, 15) is 0 Å². The Hall–Kier alpha value is -1.36. The van der Waals surface area contributed by atoms with E-state index in [4.69, 9.17) is 4.63 Å². The maximum atomic E-state index is 4.85. The highest BCUT2D eigenvalue weighted by atomic mass is 79.9. The minimum Gasteiger partial charge on any atom is -0.280 e. The van der Waals surface area contributed by atoms with Crippen LogP contribution in [-0.2, 0) is 12.8 Å². The van der Waals surface area contributed by atoms with Gasteiger partial charge in [-0.15, -0.1) is 0 Å². The Morgan fingerprint density at radius 1 is 1.18 bits per heavy atom. The molecule has 0 saturated carbocycles. The molecule has 0 spiro atoms. The molecule has 4 rings (SSSR count). The van der Waals surface area contributed by atoms with E-state index in [1.807, 2.05) is 6.07 Å². The second-order valence-corrected chi connectivity index (χ2v) is 5.21. The first-order valence-corrected chi connectivity index (χ1v) is 6.51. The average Bonchev–Trinajstić information content (AvgIpc) is 2.93. The predicted octanol–water partition coefficient (Wildman–Crippen LogP) is 3.21. The van der Waals surface area contributed by atoms with Crippen LogP contribution in [0.2, 0.25) is 0 Å². The molecule has 2 aromatic heterocycles. The number of aryl methyl sites for hydroxylation is 1. The lowest BCUT2D eigenvalue weighted by Crippen LogP contribution is -2.02. The van der Waals surface area contributed by atoms with Crippen LogP contribution in [0.15, 0.2) is 16.8 Å². The number of hydrogen-bond donors (Lipinski definition) is 0. The van der Waals surface area contributed by atoms with Crippen molar-refractivity contribution < 1.29 is 4.63 Å². The van der Waals surface area contributed by atoms with Crippen molar-refractivity contribution in [1.82, 2.24) is 13.9 Å². The van der Waals surface area contributed by atoms with E-state index < -0.39 is 0 Å². The van der Waals surface area contributed by atoms with E-state index >= 15 is 0 Å². The van der Waals surface area contributed by atoms with Gasteiger partial charge in [0.15, 0.2) is 0 Å². The third-order valence-electron chi connectivity index (χ3n) is 3.59. The van der Waals surface area contributed by atoms with E-state index in [0.29, 0.717) is 0 Å². The number of rotatable bonds is 0. The van der Waals surface area contributed by atoms with Gasteiger partial charge in [-0.05, 0) is 53.7 Å². The summed E-state index contributed by atoms with van der Waals surface area (Å²) in [5.41, 5.74) is 5.68. The molecule has 0 saturated heterocycles. The molecular weight excluding hydrogens is 282 g/mol. The first kappa shape index (κ1) is 9.65. The fourth-order valence-corrected chi connectivity index (χ4v) is 3.51. The van der Waals surface area contributed by atoms with Crippen LogP contribution in [-0.4, -0.2) is 13.9 Å². The molecule has 0 aliphatic heterocycles. The SMILES string of the molecule is Brn1c2c(c3c4nonc4ccc31)CCCC2. The van der Waals surface area contributed by atoms with Gasteiger partial charge in [0.2, 0.25) is 0 Å². The molecule has 1 aromatic carbocycles. The summed E-state index contributed by atoms with van der Waals surface area (Å²) in [6.07, 6.45) is 4.76. The van der Waals surface area contributed by atoms with E-state index in [2.05, 4.69) is 36.1 Å². The zero-order valence-corrected chi connectivity index (χ0v) is 10.7. The van der Waals surface area contributed by atoms with Gasteiger partial charge >= 0.3 is 0 Å². The number of hydrogen-bond acceptors (Lipinski definition) is 3. The monoisotopic (exact) mass is 291 g/mol. The molecule has 1 aliphatic rings. The normalized spacial score (nSPS) is 15.6. The predicted molar refractivity (Wildman–Crippen MR) is 68.3 cm³/mol. The van der Waals surface area contributed by atoms with E-state index in [0.717, 1.165) is 23.9 Å². The number of aromatic nitrogens is 3. The molecule has 0 fully saturated rings. The summed E-state index contributed by atoms with van der Waals surface area (Å²) >= 11 is 3.65. The molecule has 1 aliphatic carbocycles. The van der Waals surface area contributed by atoms with Crippen molar-refractivity contribution >= 4 is 38.1 Å². The summed E-state index contributed by atoms with van der Waals surface area (Å²) in [5, 5.41) is 9.17. The topological polar surface area (TPSA) is 43.9 Å². The second kappa shape index (κ2) is 3.32. The van der Waals surface area contributed by atoms with Gasteiger partial charge in [-0.25, -0.2) is 4.63 Å². The highest BCUT2D eigenvalue weighted by Gasteiger charge is 2.22. The van der Waals surface area contributed by atoms with Crippen molar-refractivity contribution in [3.63, 3.8) is 0 Å². The quantitative estimate of drug-likeness (QED) is 0.639. The second-order valence-electron chi connectivity index (χ2n) is 4.50. The highest BCUT2D eigenvalue weighted by molar-refractivity contribution is 9.08. The van der Waals surface area contributed by atoms with Gasteiger partial charge in [0.05, 0.1) is 21.7 Å². The van der Waals surface area contributed by atoms with Gasteiger partial charge in [-0.2, -0.15) is 0 Å². The van der Waals surface area contributed by atoms with Gasteiger partial charge in [0.1, 0.15) is 11.0 Å². The van der Waals surface area contributed by atoms with Crippen LogP contribution in [0.1, 0.15) is 24.1 Å². The number of halogens is 1. The first-order valence-electron chi connectivity index (χ1n) is 5.80. The van der Waals surface area contributed by atoms with Crippen LogP contribution in [0.4, 0.5) is 0 Å². The van der Waals surface area contributed by atoms with Crippen molar-refractivity contribution in [2.45, 2.75) is 25.7 Å². The molecule has 0 N–H and O–H groups in total. The summed E-state index contributed by atoms with van der Waals surface area (Å²) < 4.78 is 6.96. The summed E-state index contributed by atoms with van der Waals surface area (Å²) in [5.74, 6) is 0. The standard InChI is InChI=1S/C12H10BrN3O/c13-16-9-4-2-1-3-7(9)11-10(16)6-5-8-12(11)15-17-14-8/h5-6H,1-4H2. The Bertz CT molecular complexity index is 728. The van der Waals surface area contributed by atoms with Crippen molar-refractivity contribution in [2.75, 3.05) is 0 Å². The van der Waals surface area contributed by atoms with Crippen molar-refractivity contribution in [3.8, 4) is 0 Å². The fraction of sp³-hybridized carbons (Fsp3) is 0.333. The van der Waals surface area contributed by atoms with Crippen LogP contribution in [0.3, 0.4) is 0 Å². The molecule has 0 bridgehead atoms. The minimum atomic E-state index is 0.837. The molecule has 5 heteroatoms. The van der Waals surface area contributed by atoms with Crippen LogP contribution >= 0.6 is 16.1 Å². The molecule has 3 aromatic rings. The maximum absolute atomic E-state index is 4.85. The number of fused-ring (bicyclic) bond motifs is 5. The van der Waals surface area contributed by atoms with Crippen LogP contribution in [0, 0.1) is 0 Å². The molecule has 0 radical (unpaired) electrons. The maximum Gasteiger partial charge on any atom is 0.144 e. The summed E-state index contributed by atoms with van der Waals surface area (Å²) in [4.78, 5) is 0. The zero-order valence-electron chi connectivity index (χ0n) is 9.11. The van der Waals surface area contributed by atoms with Gasteiger partial charge in [-0.3, -0.25) is 3.59 Å². The summed E-state index contributed by atoms with van der Waals surface area (Å²) in [6, 6.07) is 4.03. The Balaban J connectivity index is 2.25. The summed E-state index contributed by atoms with van der Waals surface area (Å²) in [6.45, 7) is 0. The molecule has 0 atom stereocenters. The largest absolute Gasteiger partial charge is 0.280 e. The van der Waals surface area contributed by atoms with Crippen LogP contribution in [0.25, 0.3) is 21.9 Å². The Labute approximate surface area is 106 Å². The zero-order chi connectivity index (χ0) is 11.4. The van der Waals surface area contributed by atoms with Gasteiger partial charge < -0.3 is 0 Å². The van der Waals surface area contributed by atoms with E-state index in [1.165, 1.54) is 35.0 Å². The lowest BCUT2D eigenvalue weighted by atomic mass is 9.95. The van der Waals surface area contributed by atoms with Crippen molar-refractivity contribution in [3.05, 3.63) is 23.4 Å². The lowest BCUT2D eigenvalue weighted by Gasteiger charge is -2.11. The van der Waals surface area contributed by atoms with E-state index in [1.54, 1.807) is 0 Å². The number of benzene rings is 1. The Kier molecular flexibility index (Phi) is 1.88. The Morgan fingerprint density at radius 2 is 2.06 bits per heavy atom. The summed E-state index contributed by atoms with van der Waals surface area (Å²) in [7, 11) is 0. The molecule has 86 valence electrons.